The molecule has 0 radical (unpaired) electrons. The minimum absolute atomic E-state index is 0.0246. The summed E-state index contributed by atoms with van der Waals surface area (Å²) in [5.41, 5.74) is 1.87. The molecule has 0 bridgehead atoms. The van der Waals surface area contributed by atoms with Gasteiger partial charge in [-0.15, -0.1) is 0 Å². The van der Waals surface area contributed by atoms with E-state index in [1.807, 2.05) is 38.1 Å². The van der Waals surface area contributed by atoms with Gasteiger partial charge in [-0.25, -0.2) is 9.59 Å². The summed E-state index contributed by atoms with van der Waals surface area (Å²) in [6, 6.07) is 12.6. The Morgan fingerprint density at radius 1 is 1.03 bits per heavy atom. The van der Waals surface area contributed by atoms with Crippen molar-refractivity contribution in [2.75, 3.05) is 26.3 Å². The molecule has 0 heterocycles. The van der Waals surface area contributed by atoms with Gasteiger partial charge in [-0.3, -0.25) is 0 Å². The Kier molecular flexibility index (Phi) is 12.2. The summed E-state index contributed by atoms with van der Waals surface area (Å²) in [5.74, 6) is -0.333. The highest BCUT2D eigenvalue weighted by Gasteiger charge is 2.18. The maximum atomic E-state index is 12.7. The lowest BCUT2D eigenvalue weighted by Gasteiger charge is -2.24. The second-order valence-corrected chi connectivity index (χ2v) is 9.32. The van der Waals surface area contributed by atoms with Gasteiger partial charge in [-0.05, 0) is 75.1 Å². The van der Waals surface area contributed by atoms with Gasteiger partial charge in [0.05, 0.1) is 6.54 Å². The van der Waals surface area contributed by atoms with Gasteiger partial charge in [0.15, 0.2) is 6.10 Å². The third-order valence-electron chi connectivity index (χ3n) is 5.13. The van der Waals surface area contributed by atoms with E-state index in [1.54, 1.807) is 30.0 Å². The van der Waals surface area contributed by atoms with Gasteiger partial charge < -0.3 is 24.8 Å². The predicted octanol–water partition coefficient (Wildman–Crippen LogP) is 5.46. The normalized spacial score (nSPS) is 11.8. The number of benzene rings is 2. The highest BCUT2D eigenvalue weighted by atomic mass is 35.5. The molecule has 0 aromatic heterocycles. The van der Waals surface area contributed by atoms with Gasteiger partial charge in [-0.2, -0.15) is 0 Å². The molecule has 0 saturated carbocycles. The van der Waals surface area contributed by atoms with Gasteiger partial charge in [0.2, 0.25) is 0 Å². The van der Waals surface area contributed by atoms with Crippen molar-refractivity contribution in [2.45, 2.75) is 52.2 Å². The molecular weight excluding hydrogens is 491 g/mol. The van der Waals surface area contributed by atoms with E-state index < -0.39 is 12.1 Å². The van der Waals surface area contributed by atoms with E-state index in [2.05, 4.69) is 5.32 Å². The number of carbonyl (C=O) groups excluding carboxylic acids is 1. The van der Waals surface area contributed by atoms with Crippen LogP contribution < -0.4 is 10.1 Å². The molecular formula is C26H34Cl2N2O5. The number of carboxylic acid groups (broad SMARTS) is 1. The molecule has 0 saturated heterocycles. The Hall–Kier alpha value is -2.48. The van der Waals surface area contributed by atoms with Crippen LogP contribution in [-0.2, 0) is 22.4 Å². The van der Waals surface area contributed by atoms with E-state index in [0.29, 0.717) is 42.1 Å². The molecule has 0 aliphatic carbocycles. The lowest BCUT2D eigenvalue weighted by atomic mass is 10.1. The van der Waals surface area contributed by atoms with Crippen LogP contribution in [0.25, 0.3) is 0 Å². The molecule has 2 N–H and O–H groups in total. The number of ether oxygens (including phenoxy) is 2. The fourth-order valence-electron chi connectivity index (χ4n) is 3.51. The van der Waals surface area contributed by atoms with Crippen molar-refractivity contribution in [1.29, 1.82) is 0 Å². The molecule has 2 amide bonds. The number of nitrogens with one attached hydrogen (secondary N) is 1. The number of carboxylic acids is 1. The number of rotatable bonds is 14. The average molecular weight is 525 g/mol. The van der Waals surface area contributed by atoms with Crippen molar-refractivity contribution in [2.24, 2.45) is 0 Å². The Bertz CT molecular complexity index is 933. The number of aliphatic carboxylic acids is 1. The van der Waals surface area contributed by atoms with Crippen molar-refractivity contribution in [3.05, 3.63) is 63.6 Å². The average Bonchev–Trinajstić information content (AvgIpc) is 2.77. The fraction of sp³-hybridized carbons (Fsp3) is 0.462. The molecule has 0 aliphatic rings. The Morgan fingerprint density at radius 2 is 1.69 bits per heavy atom. The maximum Gasteiger partial charge on any atom is 0.333 e. The van der Waals surface area contributed by atoms with Crippen molar-refractivity contribution in [3.63, 3.8) is 0 Å². The fourth-order valence-corrected chi connectivity index (χ4v) is 4.08. The summed E-state index contributed by atoms with van der Waals surface area (Å²) >= 11 is 12.2. The molecule has 1 unspecified atom stereocenters. The van der Waals surface area contributed by atoms with Crippen LogP contribution >= 0.6 is 23.2 Å². The zero-order valence-corrected chi connectivity index (χ0v) is 21.9. The minimum atomic E-state index is -0.981. The number of aryl methyl sites for hydroxylation is 1. The molecule has 1 atom stereocenters. The van der Waals surface area contributed by atoms with E-state index in [-0.39, 0.29) is 18.5 Å². The molecule has 7 nitrogen and oxygen atoms in total. The summed E-state index contributed by atoms with van der Waals surface area (Å²) in [5, 5.41) is 13.4. The Morgan fingerprint density at radius 3 is 2.26 bits per heavy atom. The largest absolute Gasteiger partial charge is 0.492 e. The van der Waals surface area contributed by atoms with Gasteiger partial charge in [0.1, 0.15) is 12.4 Å². The highest BCUT2D eigenvalue weighted by molar-refractivity contribution is 6.34. The van der Waals surface area contributed by atoms with Crippen LogP contribution in [0.1, 0.15) is 38.3 Å². The SMILES string of the molecule is CCOC(Cc1ccc(OCCN(CCCc2cc(Cl)cc(Cl)c2)C(=O)NC(C)C)cc1)C(=O)O. The first kappa shape index (κ1) is 28.8. The molecule has 192 valence electrons. The summed E-state index contributed by atoms with van der Waals surface area (Å²) in [4.78, 5) is 25.7. The zero-order valence-electron chi connectivity index (χ0n) is 20.4. The predicted molar refractivity (Wildman–Crippen MR) is 139 cm³/mol. The van der Waals surface area contributed by atoms with Crippen LogP contribution in [0.3, 0.4) is 0 Å². The monoisotopic (exact) mass is 524 g/mol. The molecule has 2 aromatic carbocycles. The molecule has 0 spiro atoms. The number of urea groups is 1. The Labute approximate surface area is 217 Å². The van der Waals surface area contributed by atoms with Gasteiger partial charge in [-0.1, -0.05) is 35.3 Å². The third kappa shape index (κ3) is 10.8. The molecule has 0 fully saturated rings. The summed E-state index contributed by atoms with van der Waals surface area (Å²) < 4.78 is 11.1. The van der Waals surface area contributed by atoms with Crippen LogP contribution in [-0.4, -0.2) is 60.5 Å². The van der Waals surface area contributed by atoms with Crippen molar-refractivity contribution < 1.29 is 24.2 Å². The first-order valence-electron chi connectivity index (χ1n) is 11.7. The van der Waals surface area contributed by atoms with E-state index in [4.69, 9.17) is 32.7 Å². The van der Waals surface area contributed by atoms with Crippen LogP contribution in [0, 0.1) is 0 Å². The zero-order chi connectivity index (χ0) is 25.8. The summed E-state index contributed by atoms with van der Waals surface area (Å²) in [6.45, 7) is 7.24. The van der Waals surface area contributed by atoms with E-state index in [9.17, 15) is 14.7 Å². The second kappa shape index (κ2) is 14.8. The molecule has 9 heteroatoms. The lowest BCUT2D eigenvalue weighted by Crippen LogP contribution is -2.45. The number of carbonyl (C=O) groups is 2. The van der Waals surface area contributed by atoms with Crippen molar-refractivity contribution in [1.82, 2.24) is 10.2 Å². The maximum absolute atomic E-state index is 12.7. The number of amides is 2. The van der Waals surface area contributed by atoms with Gasteiger partial charge in [0.25, 0.3) is 0 Å². The van der Waals surface area contributed by atoms with Gasteiger partial charge >= 0.3 is 12.0 Å². The van der Waals surface area contributed by atoms with Crippen molar-refractivity contribution in [3.8, 4) is 5.75 Å². The van der Waals surface area contributed by atoms with Crippen molar-refractivity contribution >= 4 is 35.2 Å². The first-order valence-corrected chi connectivity index (χ1v) is 12.5. The lowest BCUT2D eigenvalue weighted by molar-refractivity contribution is -0.149. The van der Waals surface area contributed by atoms with E-state index >= 15 is 0 Å². The second-order valence-electron chi connectivity index (χ2n) is 8.45. The van der Waals surface area contributed by atoms with E-state index in [1.165, 1.54) is 0 Å². The van der Waals surface area contributed by atoms with Crippen LogP contribution in [0.4, 0.5) is 4.79 Å². The number of hydrogen-bond acceptors (Lipinski definition) is 4. The summed E-state index contributed by atoms with van der Waals surface area (Å²) in [6.07, 6.45) is 0.904. The molecule has 0 aliphatic heterocycles. The standard InChI is InChI=1S/C26H34Cl2N2O5/c1-4-34-24(25(31)32)16-19-7-9-23(10-8-19)35-13-12-30(26(33)29-18(2)3)11-5-6-20-14-21(27)17-22(28)15-20/h7-10,14-15,17-18,24H,4-6,11-13,16H2,1-3H3,(H,29,33)(H,31,32). The smallest absolute Gasteiger partial charge is 0.333 e. The highest BCUT2D eigenvalue weighted by Crippen LogP contribution is 2.20. The number of halogens is 2. The number of hydrogen-bond donors (Lipinski definition) is 2. The van der Waals surface area contributed by atoms with E-state index in [0.717, 1.165) is 24.0 Å². The summed E-state index contributed by atoms with van der Waals surface area (Å²) in [7, 11) is 0. The third-order valence-corrected chi connectivity index (χ3v) is 5.57. The number of nitrogens with zero attached hydrogens (tertiary/aromatic N) is 1. The van der Waals surface area contributed by atoms with Gasteiger partial charge in [0, 0.05) is 35.7 Å². The molecule has 35 heavy (non-hydrogen) atoms. The first-order chi connectivity index (χ1) is 16.7. The topological polar surface area (TPSA) is 88.1 Å². The minimum Gasteiger partial charge on any atom is -0.492 e. The quantitative estimate of drug-likeness (QED) is 0.342. The molecule has 2 aromatic rings. The molecule has 2 rings (SSSR count). The Balaban J connectivity index is 1.89. The van der Waals surface area contributed by atoms with Crippen LogP contribution in [0.5, 0.6) is 5.75 Å². The van der Waals surface area contributed by atoms with Crippen LogP contribution in [0.15, 0.2) is 42.5 Å². The van der Waals surface area contributed by atoms with Crippen LogP contribution in [0.2, 0.25) is 10.0 Å².